The molecule has 0 aliphatic carbocycles. The Labute approximate surface area is 119 Å². The van der Waals surface area contributed by atoms with Crippen LogP contribution in [0.2, 0.25) is 0 Å². The van der Waals surface area contributed by atoms with Crippen molar-refractivity contribution in [3.8, 4) is 0 Å². The minimum Gasteiger partial charge on any atom is -0.315 e. The van der Waals surface area contributed by atoms with Gasteiger partial charge in [0.1, 0.15) is 0 Å². The van der Waals surface area contributed by atoms with Gasteiger partial charge in [-0.3, -0.25) is 9.80 Å². The van der Waals surface area contributed by atoms with Crippen molar-refractivity contribution in [1.29, 1.82) is 0 Å². The molecular formula is C16H33N3. The maximum Gasteiger partial charge on any atom is 0.0223 e. The van der Waals surface area contributed by atoms with Crippen LogP contribution < -0.4 is 5.32 Å². The molecule has 2 aliphatic heterocycles. The summed E-state index contributed by atoms with van der Waals surface area (Å²) in [5.41, 5.74) is 0. The first-order valence-electron chi connectivity index (χ1n) is 8.54. The highest BCUT2D eigenvalue weighted by molar-refractivity contribution is 4.88. The summed E-state index contributed by atoms with van der Waals surface area (Å²) in [5.74, 6) is 0. The van der Waals surface area contributed by atoms with Crippen LogP contribution in [0.15, 0.2) is 0 Å². The van der Waals surface area contributed by atoms with Crippen LogP contribution in [-0.4, -0.2) is 61.2 Å². The Bertz CT molecular complexity index is 244. The van der Waals surface area contributed by atoms with E-state index in [4.69, 9.17) is 0 Å². The third-order valence-corrected chi connectivity index (χ3v) is 4.81. The van der Waals surface area contributed by atoms with E-state index in [1.165, 1.54) is 77.8 Å². The molecule has 0 amide bonds. The summed E-state index contributed by atoms with van der Waals surface area (Å²) in [4.78, 5) is 5.52. The molecular weight excluding hydrogens is 234 g/mol. The fourth-order valence-electron chi connectivity index (χ4n) is 3.70. The highest BCUT2D eigenvalue weighted by Gasteiger charge is 2.31. The Kier molecular flexibility index (Phi) is 6.62. The molecule has 1 N–H and O–H groups in total. The van der Waals surface area contributed by atoms with Crippen molar-refractivity contribution in [2.75, 3.05) is 39.3 Å². The predicted octanol–water partition coefficient (Wildman–Crippen LogP) is 2.32. The molecule has 19 heavy (non-hydrogen) atoms. The lowest BCUT2D eigenvalue weighted by atomic mass is 9.97. The van der Waals surface area contributed by atoms with E-state index in [-0.39, 0.29) is 0 Å². The summed E-state index contributed by atoms with van der Waals surface area (Å²) < 4.78 is 0. The second-order valence-corrected chi connectivity index (χ2v) is 6.33. The highest BCUT2D eigenvalue weighted by atomic mass is 15.3. The zero-order valence-electron chi connectivity index (χ0n) is 13.0. The lowest BCUT2D eigenvalue weighted by Gasteiger charge is -2.46. The van der Waals surface area contributed by atoms with Crippen molar-refractivity contribution in [2.45, 2.75) is 64.5 Å². The summed E-state index contributed by atoms with van der Waals surface area (Å²) >= 11 is 0. The van der Waals surface area contributed by atoms with Gasteiger partial charge in [-0.15, -0.1) is 0 Å². The molecule has 2 heterocycles. The second-order valence-electron chi connectivity index (χ2n) is 6.33. The number of nitrogens with one attached hydrogen (secondary N) is 1. The molecule has 0 radical (unpaired) electrons. The van der Waals surface area contributed by atoms with Gasteiger partial charge in [0.15, 0.2) is 0 Å². The summed E-state index contributed by atoms with van der Waals surface area (Å²) in [6.45, 7) is 12.2. The van der Waals surface area contributed by atoms with Crippen LogP contribution in [0.4, 0.5) is 0 Å². The monoisotopic (exact) mass is 267 g/mol. The van der Waals surface area contributed by atoms with Gasteiger partial charge in [0, 0.05) is 38.3 Å². The summed E-state index contributed by atoms with van der Waals surface area (Å²) in [7, 11) is 0. The van der Waals surface area contributed by atoms with Gasteiger partial charge in [-0.25, -0.2) is 0 Å². The van der Waals surface area contributed by atoms with Crippen molar-refractivity contribution >= 4 is 0 Å². The van der Waals surface area contributed by atoms with E-state index in [9.17, 15) is 0 Å². The van der Waals surface area contributed by atoms with Crippen molar-refractivity contribution in [3.05, 3.63) is 0 Å². The molecule has 2 atom stereocenters. The fourth-order valence-corrected chi connectivity index (χ4v) is 3.70. The average molecular weight is 267 g/mol. The molecule has 3 heteroatoms. The van der Waals surface area contributed by atoms with Crippen LogP contribution in [0.3, 0.4) is 0 Å². The van der Waals surface area contributed by atoms with E-state index >= 15 is 0 Å². The lowest BCUT2D eigenvalue weighted by molar-refractivity contribution is 0.0252. The first kappa shape index (κ1) is 15.3. The van der Waals surface area contributed by atoms with Gasteiger partial charge < -0.3 is 5.32 Å². The van der Waals surface area contributed by atoms with Crippen molar-refractivity contribution in [3.63, 3.8) is 0 Å². The van der Waals surface area contributed by atoms with Crippen LogP contribution in [0.25, 0.3) is 0 Å². The molecule has 0 aromatic carbocycles. The molecule has 0 aromatic rings. The van der Waals surface area contributed by atoms with Gasteiger partial charge in [-0.05, 0) is 38.8 Å². The summed E-state index contributed by atoms with van der Waals surface area (Å²) in [5, 5.41) is 3.63. The molecule has 112 valence electrons. The van der Waals surface area contributed by atoms with Gasteiger partial charge in [-0.2, -0.15) is 0 Å². The number of hydrogen-bond donors (Lipinski definition) is 1. The van der Waals surface area contributed by atoms with Crippen molar-refractivity contribution < 1.29 is 0 Å². The number of nitrogens with zero attached hydrogens (tertiary/aromatic N) is 2. The van der Waals surface area contributed by atoms with Crippen molar-refractivity contribution in [1.82, 2.24) is 15.1 Å². The van der Waals surface area contributed by atoms with Gasteiger partial charge >= 0.3 is 0 Å². The zero-order chi connectivity index (χ0) is 13.5. The van der Waals surface area contributed by atoms with E-state index in [1.807, 2.05) is 0 Å². The third-order valence-electron chi connectivity index (χ3n) is 4.81. The van der Waals surface area contributed by atoms with E-state index < -0.39 is 0 Å². The largest absolute Gasteiger partial charge is 0.315 e. The second kappa shape index (κ2) is 8.23. The quantitative estimate of drug-likeness (QED) is 0.714. The normalized spacial score (nSPS) is 27.2. The van der Waals surface area contributed by atoms with E-state index in [1.54, 1.807) is 0 Å². The molecule has 2 aliphatic rings. The minimum atomic E-state index is 0.764. The molecule has 3 nitrogen and oxygen atoms in total. The van der Waals surface area contributed by atoms with Gasteiger partial charge in [0.2, 0.25) is 0 Å². The van der Waals surface area contributed by atoms with Gasteiger partial charge in [0.25, 0.3) is 0 Å². The van der Waals surface area contributed by atoms with Gasteiger partial charge in [-0.1, -0.05) is 26.7 Å². The minimum absolute atomic E-state index is 0.764. The molecule has 2 rings (SSSR count). The smallest absolute Gasteiger partial charge is 0.0223 e. The van der Waals surface area contributed by atoms with Crippen molar-refractivity contribution in [2.24, 2.45) is 0 Å². The molecule has 0 bridgehead atoms. The highest BCUT2D eigenvalue weighted by Crippen LogP contribution is 2.23. The van der Waals surface area contributed by atoms with E-state index in [0.717, 1.165) is 12.1 Å². The van der Waals surface area contributed by atoms with Gasteiger partial charge in [0.05, 0.1) is 0 Å². The van der Waals surface area contributed by atoms with Crippen LogP contribution in [0, 0.1) is 0 Å². The number of rotatable bonds is 7. The SMILES string of the molecule is CCCNCC(CCC)N1CCN2CCCCC2C1. The van der Waals surface area contributed by atoms with Crippen LogP contribution in [0.5, 0.6) is 0 Å². The number of fused-ring (bicyclic) bond motifs is 1. The molecule has 0 spiro atoms. The Morgan fingerprint density at radius 2 is 2.00 bits per heavy atom. The summed E-state index contributed by atoms with van der Waals surface area (Å²) in [6.07, 6.45) is 8.20. The molecule has 0 aromatic heterocycles. The fraction of sp³-hybridized carbons (Fsp3) is 1.00. The first-order valence-corrected chi connectivity index (χ1v) is 8.54. The predicted molar refractivity (Wildman–Crippen MR) is 82.6 cm³/mol. The lowest BCUT2D eigenvalue weighted by Crippen LogP contribution is -2.58. The van der Waals surface area contributed by atoms with Crippen LogP contribution >= 0.6 is 0 Å². The maximum atomic E-state index is 3.63. The average Bonchev–Trinajstić information content (AvgIpc) is 2.46. The Morgan fingerprint density at radius 1 is 1.11 bits per heavy atom. The topological polar surface area (TPSA) is 18.5 Å². The Morgan fingerprint density at radius 3 is 2.79 bits per heavy atom. The number of piperazine rings is 1. The number of piperidine rings is 1. The van der Waals surface area contributed by atoms with Crippen LogP contribution in [0.1, 0.15) is 52.4 Å². The first-order chi connectivity index (χ1) is 9.35. The van der Waals surface area contributed by atoms with E-state index in [0.29, 0.717) is 0 Å². The molecule has 2 saturated heterocycles. The number of hydrogen-bond acceptors (Lipinski definition) is 3. The molecule has 2 fully saturated rings. The zero-order valence-corrected chi connectivity index (χ0v) is 13.0. The molecule has 2 unspecified atom stereocenters. The van der Waals surface area contributed by atoms with E-state index in [2.05, 4.69) is 29.0 Å². The van der Waals surface area contributed by atoms with Crippen LogP contribution in [-0.2, 0) is 0 Å². The molecule has 0 saturated carbocycles. The maximum absolute atomic E-state index is 3.63. The Hall–Kier alpha value is -0.120. The summed E-state index contributed by atoms with van der Waals surface area (Å²) in [6, 6.07) is 1.62. The standard InChI is InChI=1S/C16H33N3/c1-3-7-15(13-17-9-4-2)19-12-11-18-10-6-5-8-16(18)14-19/h15-17H,3-14H2,1-2H3. The third kappa shape index (κ3) is 4.44. The Balaban J connectivity index is 1.82.